The Morgan fingerprint density at radius 1 is 1.08 bits per heavy atom. The minimum absolute atomic E-state index is 0.198. The van der Waals surface area contributed by atoms with Crippen molar-refractivity contribution < 1.29 is 0 Å². The van der Waals surface area contributed by atoms with Crippen LogP contribution in [0, 0.1) is 0 Å². The normalized spacial score (nSPS) is 19.6. The van der Waals surface area contributed by atoms with Crippen LogP contribution in [-0.4, -0.2) is 14.8 Å². The lowest BCUT2D eigenvalue weighted by Crippen LogP contribution is -2.28. The predicted molar refractivity (Wildman–Crippen MR) is 99.1 cm³/mol. The number of aromatic nitrogens is 3. The molecule has 0 amide bonds. The molecule has 0 fully saturated rings. The van der Waals surface area contributed by atoms with Gasteiger partial charge in [-0.3, -0.25) is 0 Å². The zero-order chi connectivity index (χ0) is 16.5. The molecule has 1 aliphatic heterocycles. The zero-order valence-corrected chi connectivity index (χ0v) is 15.1. The van der Waals surface area contributed by atoms with Crippen molar-refractivity contribution in [2.45, 2.75) is 31.8 Å². The third-order valence-electron chi connectivity index (χ3n) is 4.68. The van der Waals surface area contributed by atoms with Gasteiger partial charge >= 0.3 is 0 Å². The summed E-state index contributed by atoms with van der Waals surface area (Å²) in [6.07, 6.45) is 3.63. The van der Waals surface area contributed by atoms with Crippen LogP contribution in [0.1, 0.15) is 42.1 Å². The number of hydrogen-bond acceptors (Lipinski definition) is 3. The van der Waals surface area contributed by atoms with Crippen LogP contribution >= 0.6 is 15.9 Å². The zero-order valence-electron chi connectivity index (χ0n) is 13.5. The van der Waals surface area contributed by atoms with E-state index in [1.54, 1.807) is 6.33 Å². The van der Waals surface area contributed by atoms with Gasteiger partial charge in [-0.15, -0.1) is 0 Å². The average molecular weight is 383 g/mol. The summed E-state index contributed by atoms with van der Waals surface area (Å²) in [7, 11) is 0. The van der Waals surface area contributed by atoms with Gasteiger partial charge in [0.15, 0.2) is 0 Å². The molecule has 4 nitrogen and oxygen atoms in total. The van der Waals surface area contributed by atoms with Crippen LogP contribution in [0.5, 0.6) is 0 Å². The molecule has 4 rings (SSSR count). The summed E-state index contributed by atoms with van der Waals surface area (Å²) in [5, 5.41) is 7.94. The fraction of sp³-hybridized carbons (Fsp3) is 0.263. The lowest BCUT2D eigenvalue weighted by molar-refractivity contribution is 0.431. The van der Waals surface area contributed by atoms with Gasteiger partial charge in [-0.25, -0.2) is 4.68 Å². The quantitative estimate of drug-likeness (QED) is 0.710. The lowest BCUT2D eigenvalue weighted by Gasteiger charge is -2.32. The molecule has 2 aromatic carbocycles. The van der Waals surface area contributed by atoms with E-state index in [-0.39, 0.29) is 12.1 Å². The Balaban J connectivity index is 1.69. The van der Waals surface area contributed by atoms with Gasteiger partial charge < -0.3 is 5.32 Å². The van der Waals surface area contributed by atoms with E-state index < -0.39 is 0 Å². The van der Waals surface area contributed by atoms with E-state index in [0.29, 0.717) is 0 Å². The van der Waals surface area contributed by atoms with Gasteiger partial charge in [-0.2, -0.15) is 10.1 Å². The third-order valence-corrected chi connectivity index (χ3v) is 5.20. The first-order valence-corrected chi connectivity index (χ1v) is 9.04. The van der Waals surface area contributed by atoms with Crippen LogP contribution < -0.4 is 5.32 Å². The van der Waals surface area contributed by atoms with E-state index in [9.17, 15) is 0 Å². The molecule has 1 N–H and O–H groups in total. The molecule has 122 valence electrons. The Morgan fingerprint density at radius 2 is 1.79 bits per heavy atom. The van der Waals surface area contributed by atoms with E-state index in [2.05, 4.69) is 86.8 Å². The summed E-state index contributed by atoms with van der Waals surface area (Å²) in [6, 6.07) is 17.8. The van der Waals surface area contributed by atoms with Crippen LogP contribution in [0.3, 0.4) is 0 Å². The van der Waals surface area contributed by atoms with Crippen molar-refractivity contribution in [2.75, 3.05) is 5.32 Å². The van der Waals surface area contributed by atoms with Crippen molar-refractivity contribution in [3.05, 3.63) is 76.0 Å². The molecular formula is C19H19BrN4. The molecular weight excluding hydrogens is 364 g/mol. The molecule has 0 unspecified atom stereocenters. The lowest BCUT2D eigenvalue weighted by atomic mass is 9.93. The van der Waals surface area contributed by atoms with Crippen LogP contribution in [0.25, 0.3) is 0 Å². The van der Waals surface area contributed by atoms with E-state index in [1.807, 2.05) is 4.68 Å². The van der Waals surface area contributed by atoms with E-state index >= 15 is 0 Å². The van der Waals surface area contributed by atoms with Crippen molar-refractivity contribution >= 4 is 21.9 Å². The summed E-state index contributed by atoms with van der Waals surface area (Å²) in [5.41, 5.74) is 3.90. The van der Waals surface area contributed by atoms with Crippen molar-refractivity contribution in [3.8, 4) is 0 Å². The molecule has 1 aliphatic rings. The highest BCUT2D eigenvalue weighted by molar-refractivity contribution is 9.10. The number of nitrogens with zero attached hydrogens (tertiary/aromatic N) is 3. The minimum atomic E-state index is 0.198. The Kier molecular flexibility index (Phi) is 4.10. The van der Waals surface area contributed by atoms with Crippen molar-refractivity contribution in [1.29, 1.82) is 0 Å². The number of anilines is 1. The number of rotatable bonds is 3. The Morgan fingerprint density at radius 3 is 2.50 bits per heavy atom. The molecule has 0 bridgehead atoms. The molecule has 24 heavy (non-hydrogen) atoms. The molecule has 1 aromatic heterocycles. The van der Waals surface area contributed by atoms with Gasteiger partial charge in [-0.1, -0.05) is 59.3 Å². The standard InChI is InChI=1S/C19H19BrN4/c1-2-13-3-5-15(6-4-13)18-11-17(14-7-9-16(20)10-8-14)23-19-21-12-22-24(18)19/h3-10,12,17-18H,2,11H2,1H3,(H,21,22,23)/t17-,18+/m1/s1. The number of nitrogens with one attached hydrogen (secondary N) is 1. The minimum Gasteiger partial charge on any atom is -0.348 e. The maximum absolute atomic E-state index is 4.43. The second kappa shape index (κ2) is 6.40. The smallest absolute Gasteiger partial charge is 0.222 e. The summed E-state index contributed by atoms with van der Waals surface area (Å²) in [6.45, 7) is 2.18. The van der Waals surface area contributed by atoms with Crippen LogP contribution in [0.15, 0.2) is 59.3 Å². The Labute approximate surface area is 150 Å². The highest BCUT2D eigenvalue weighted by Gasteiger charge is 2.29. The molecule has 2 atom stereocenters. The fourth-order valence-electron chi connectivity index (χ4n) is 3.29. The van der Waals surface area contributed by atoms with Crippen LogP contribution in [0.4, 0.5) is 5.95 Å². The topological polar surface area (TPSA) is 42.7 Å². The van der Waals surface area contributed by atoms with E-state index in [0.717, 1.165) is 23.3 Å². The molecule has 0 aliphatic carbocycles. The number of benzene rings is 2. The molecule has 0 saturated heterocycles. The largest absolute Gasteiger partial charge is 0.348 e. The number of aryl methyl sites for hydroxylation is 1. The number of hydrogen-bond donors (Lipinski definition) is 1. The van der Waals surface area contributed by atoms with Crippen molar-refractivity contribution in [1.82, 2.24) is 14.8 Å². The average Bonchev–Trinajstić information content (AvgIpc) is 3.10. The van der Waals surface area contributed by atoms with Crippen molar-refractivity contribution in [3.63, 3.8) is 0 Å². The van der Waals surface area contributed by atoms with Gasteiger partial charge in [0.2, 0.25) is 5.95 Å². The molecule has 5 heteroatoms. The summed E-state index contributed by atoms with van der Waals surface area (Å²) >= 11 is 3.50. The molecule has 0 radical (unpaired) electrons. The van der Waals surface area contributed by atoms with Gasteiger partial charge in [0.25, 0.3) is 0 Å². The fourth-order valence-corrected chi connectivity index (χ4v) is 3.55. The Hall–Kier alpha value is -2.14. The van der Waals surface area contributed by atoms with Gasteiger partial charge in [0.05, 0.1) is 12.1 Å². The first-order valence-electron chi connectivity index (χ1n) is 8.25. The maximum atomic E-state index is 4.43. The molecule has 3 aromatic rings. The highest BCUT2D eigenvalue weighted by atomic mass is 79.9. The molecule has 0 spiro atoms. The van der Waals surface area contributed by atoms with Gasteiger partial charge in [0, 0.05) is 4.47 Å². The molecule has 0 saturated carbocycles. The predicted octanol–water partition coefficient (Wildman–Crippen LogP) is 4.75. The van der Waals surface area contributed by atoms with Crippen LogP contribution in [0.2, 0.25) is 0 Å². The molecule has 2 heterocycles. The first kappa shape index (κ1) is 15.4. The van der Waals surface area contributed by atoms with Gasteiger partial charge in [0.1, 0.15) is 6.33 Å². The monoisotopic (exact) mass is 382 g/mol. The second-order valence-electron chi connectivity index (χ2n) is 6.12. The van der Waals surface area contributed by atoms with Gasteiger partial charge in [-0.05, 0) is 41.7 Å². The van der Waals surface area contributed by atoms with E-state index in [1.165, 1.54) is 16.7 Å². The third kappa shape index (κ3) is 2.84. The van der Waals surface area contributed by atoms with E-state index in [4.69, 9.17) is 0 Å². The highest BCUT2D eigenvalue weighted by Crippen LogP contribution is 2.37. The summed E-state index contributed by atoms with van der Waals surface area (Å²) in [5.74, 6) is 0.832. The summed E-state index contributed by atoms with van der Waals surface area (Å²) < 4.78 is 3.09. The Bertz CT molecular complexity index is 823. The summed E-state index contributed by atoms with van der Waals surface area (Å²) in [4.78, 5) is 4.39. The number of fused-ring (bicyclic) bond motifs is 1. The number of halogens is 1. The second-order valence-corrected chi connectivity index (χ2v) is 7.04. The maximum Gasteiger partial charge on any atom is 0.222 e. The SMILES string of the molecule is CCc1ccc([C@@H]2C[C@H](c3ccc(Br)cc3)Nc3ncnn32)cc1. The van der Waals surface area contributed by atoms with Crippen molar-refractivity contribution in [2.24, 2.45) is 0 Å². The first-order chi connectivity index (χ1) is 11.7. The van der Waals surface area contributed by atoms with Crippen LogP contribution in [-0.2, 0) is 6.42 Å².